The van der Waals surface area contributed by atoms with Crippen molar-refractivity contribution < 1.29 is 4.79 Å². The highest BCUT2D eigenvalue weighted by atomic mass is 16.2. The van der Waals surface area contributed by atoms with Gasteiger partial charge in [-0.3, -0.25) is 15.1 Å². The second-order valence-electron chi connectivity index (χ2n) is 3.52. The molecule has 0 aromatic rings. The molecule has 6 nitrogen and oxygen atoms in total. The van der Waals surface area contributed by atoms with Gasteiger partial charge in [0.25, 0.3) is 5.91 Å². The summed E-state index contributed by atoms with van der Waals surface area (Å²) < 4.78 is 0. The number of carbonyl (C=O) groups excluding carboxylic acids is 1. The Labute approximate surface area is 93.3 Å². The largest absolute Gasteiger partial charge is 0.289 e. The van der Waals surface area contributed by atoms with Crippen LogP contribution in [0.15, 0.2) is 20.0 Å². The number of amides is 1. The van der Waals surface area contributed by atoms with E-state index >= 15 is 0 Å². The molecule has 2 rings (SSSR count). The Kier molecular flexibility index (Phi) is 3.19. The van der Waals surface area contributed by atoms with E-state index in [0.717, 1.165) is 19.3 Å². The maximum atomic E-state index is 11.5. The minimum Gasteiger partial charge on any atom is -0.289 e. The van der Waals surface area contributed by atoms with Gasteiger partial charge in [0.15, 0.2) is 11.5 Å². The number of rotatable bonds is 4. The van der Waals surface area contributed by atoms with Crippen molar-refractivity contribution in [1.82, 2.24) is 5.32 Å². The molecule has 1 N–H and O–H groups in total. The van der Waals surface area contributed by atoms with Crippen LogP contribution in [0.5, 0.6) is 0 Å². The first-order chi connectivity index (χ1) is 7.81. The molecule has 1 amide bonds. The van der Waals surface area contributed by atoms with Crippen molar-refractivity contribution in [1.29, 1.82) is 0 Å². The third-order valence-corrected chi connectivity index (χ3v) is 2.25. The quantitative estimate of drug-likeness (QED) is 0.688. The first-order valence-corrected chi connectivity index (χ1v) is 5.36. The van der Waals surface area contributed by atoms with Gasteiger partial charge in [0.2, 0.25) is 5.96 Å². The van der Waals surface area contributed by atoms with Crippen molar-refractivity contribution in [2.45, 2.75) is 26.2 Å². The summed E-state index contributed by atoms with van der Waals surface area (Å²) in [5, 5.41) is 2.58. The van der Waals surface area contributed by atoms with E-state index in [2.05, 4.69) is 32.2 Å². The molecule has 0 aliphatic carbocycles. The third kappa shape index (κ3) is 2.21. The monoisotopic (exact) mass is 219 g/mol. The molecule has 0 saturated carbocycles. The number of nitrogens with one attached hydrogen (secondary N) is 1. The predicted molar refractivity (Wildman–Crippen MR) is 63.3 cm³/mol. The summed E-state index contributed by atoms with van der Waals surface area (Å²) in [6.45, 7) is 2.81. The number of aliphatic imine (C=N–C) groups is 4. The molecule has 0 spiro atoms. The average Bonchev–Trinajstić information content (AvgIpc) is 2.73. The van der Waals surface area contributed by atoms with Gasteiger partial charge in [-0.15, -0.1) is 0 Å². The highest BCUT2D eigenvalue weighted by molar-refractivity contribution is 6.71. The minimum absolute atomic E-state index is 0.271. The zero-order valence-electron chi connectivity index (χ0n) is 9.10. The smallest absolute Gasteiger partial charge is 0.280 e. The lowest BCUT2D eigenvalue weighted by atomic mass is 10.2. The zero-order chi connectivity index (χ0) is 11.4. The van der Waals surface area contributed by atoms with E-state index in [-0.39, 0.29) is 11.6 Å². The van der Waals surface area contributed by atoms with Crippen LogP contribution in [-0.4, -0.2) is 36.3 Å². The van der Waals surface area contributed by atoms with Gasteiger partial charge in [-0.25, -0.2) is 9.98 Å². The van der Waals surface area contributed by atoms with Crippen LogP contribution >= 0.6 is 0 Å². The number of hydrogen-bond acceptors (Lipinski definition) is 4. The van der Waals surface area contributed by atoms with Gasteiger partial charge in [0.1, 0.15) is 6.34 Å². The fourth-order valence-corrected chi connectivity index (χ4v) is 1.41. The Morgan fingerprint density at radius 2 is 2.31 bits per heavy atom. The third-order valence-electron chi connectivity index (χ3n) is 2.25. The van der Waals surface area contributed by atoms with Crippen LogP contribution in [0.25, 0.3) is 0 Å². The van der Waals surface area contributed by atoms with Crippen molar-refractivity contribution >= 4 is 29.8 Å². The first-order valence-electron chi connectivity index (χ1n) is 5.36. The van der Waals surface area contributed by atoms with Gasteiger partial charge in [-0.1, -0.05) is 19.8 Å². The van der Waals surface area contributed by atoms with Gasteiger partial charge in [-0.2, -0.15) is 4.99 Å². The molecule has 0 aromatic carbocycles. The summed E-state index contributed by atoms with van der Waals surface area (Å²) >= 11 is 0. The molecular weight excluding hydrogens is 206 g/mol. The average molecular weight is 219 g/mol. The van der Waals surface area contributed by atoms with Crippen molar-refractivity contribution in [3.05, 3.63) is 0 Å². The highest BCUT2D eigenvalue weighted by Crippen LogP contribution is 2.02. The molecule has 0 bridgehead atoms. The molecular formula is C10H13N5O. The molecule has 2 aliphatic rings. The van der Waals surface area contributed by atoms with Gasteiger partial charge in [0.05, 0.1) is 0 Å². The molecule has 84 valence electrons. The van der Waals surface area contributed by atoms with Crippen molar-refractivity contribution in [3.8, 4) is 0 Å². The first kappa shape index (κ1) is 10.7. The summed E-state index contributed by atoms with van der Waals surface area (Å²) in [4.78, 5) is 27.5. The van der Waals surface area contributed by atoms with Crippen LogP contribution in [-0.2, 0) is 4.79 Å². The number of unbranched alkanes of at least 4 members (excludes halogenated alkanes) is 2. The second-order valence-corrected chi connectivity index (χ2v) is 3.52. The molecule has 0 radical (unpaired) electrons. The van der Waals surface area contributed by atoms with Crippen LogP contribution in [0.4, 0.5) is 0 Å². The standard InChI is InChI=1S/C10H13N5O/c1-2-3-4-5-11-10-14-8-7(9(16)15-10)12-6-13-8/h6H,2-5H2,1H3,(H,11,15,16). The molecule has 0 unspecified atom stereocenters. The van der Waals surface area contributed by atoms with Gasteiger partial charge < -0.3 is 0 Å². The summed E-state index contributed by atoms with van der Waals surface area (Å²) in [6, 6.07) is 0. The lowest BCUT2D eigenvalue weighted by Crippen LogP contribution is -2.42. The van der Waals surface area contributed by atoms with E-state index < -0.39 is 0 Å². The Hall–Kier alpha value is -1.85. The van der Waals surface area contributed by atoms with Crippen LogP contribution < -0.4 is 5.32 Å². The maximum Gasteiger partial charge on any atom is 0.280 e. The van der Waals surface area contributed by atoms with Gasteiger partial charge in [0, 0.05) is 6.54 Å². The maximum absolute atomic E-state index is 11.5. The summed E-state index contributed by atoms with van der Waals surface area (Å²) in [5.41, 5.74) is 0.271. The van der Waals surface area contributed by atoms with E-state index in [1.54, 1.807) is 0 Å². The van der Waals surface area contributed by atoms with Crippen LogP contribution in [0.2, 0.25) is 0 Å². The van der Waals surface area contributed by atoms with E-state index in [1.807, 2.05) is 0 Å². The predicted octanol–water partition coefficient (Wildman–Crippen LogP) is 0.544. The number of fused-ring (bicyclic) bond motifs is 1. The number of hydrogen-bond donors (Lipinski definition) is 1. The fourth-order valence-electron chi connectivity index (χ4n) is 1.41. The lowest BCUT2D eigenvalue weighted by Gasteiger charge is -2.10. The second kappa shape index (κ2) is 4.78. The molecule has 0 atom stereocenters. The molecule has 2 heterocycles. The van der Waals surface area contributed by atoms with E-state index in [9.17, 15) is 4.79 Å². The normalized spacial score (nSPS) is 20.6. The number of guanidine groups is 1. The molecule has 6 heteroatoms. The number of carbonyl (C=O) groups is 1. The topological polar surface area (TPSA) is 78.5 Å². The van der Waals surface area contributed by atoms with Crippen molar-refractivity contribution in [2.24, 2.45) is 20.0 Å². The SMILES string of the molecule is CCCCCN=C1N=C2N=CN=C2C(=O)N1. The van der Waals surface area contributed by atoms with E-state index in [0.29, 0.717) is 18.3 Å². The zero-order valence-corrected chi connectivity index (χ0v) is 9.10. The highest BCUT2D eigenvalue weighted by Gasteiger charge is 2.26. The number of amidine groups is 1. The molecule has 16 heavy (non-hydrogen) atoms. The minimum atomic E-state index is -0.281. The van der Waals surface area contributed by atoms with Gasteiger partial charge in [-0.05, 0) is 6.42 Å². The molecule has 0 fully saturated rings. The summed E-state index contributed by atoms with van der Waals surface area (Å²) in [6.07, 6.45) is 4.61. The van der Waals surface area contributed by atoms with E-state index in [1.165, 1.54) is 6.34 Å². The number of nitrogens with zero attached hydrogens (tertiary/aromatic N) is 4. The Morgan fingerprint density at radius 3 is 3.12 bits per heavy atom. The Morgan fingerprint density at radius 1 is 1.44 bits per heavy atom. The van der Waals surface area contributed by atoms with Crippen LogP contribution in [0, 0.1) is 0 Å². The lowest BCUT2D eigenvalue weighted by molar-refractivity contribution is -0.113. The van der Waals surface area contributed by atoms with Crippen molar-refractivity contribution in [2.75, 3.05) is 6.54 Å². The fraction of sp³-hybridized carbons (Fsp3) is 0.500. The molecule has 0 aromatic heterocycles. The molecule has 2 aliphatic heterocycles. The van der Waals surface area contributed by atoms with Crippen LogP contribution in [0.3, 0.4) is 0 Å². The summed E-state index contributed by atoms with van der Waals surface area (Å²) in [5.74, 6) is 0.420. The van der Waals surface area contributed by atoms with E-state index in [4.69, 9.17) is 0 Å². The van der Waals surface area contributed by atoms with Crippen LogP contribution in [0.1, 0.15) is 26.2 Å². The Bertz CT molecular complexity index is 419. The van der Waals surface area contributed by atoms with Gasteiger partial charge >= 0.3 is 0 Å². The van der Waals surface area contributed by atoms with Crippen molar-refractivity contribution in [3.63, 3.8) is 0 Å². The Balaban J connectivity index is 2.02. The summed E-state index contributed by atoms with van der Waals surface area (Å²) in [7, 11) is 0. The molecule has 0 saturated heterocycles.